The van der Waals surface area contributed by atoms with E-state index in [-0.39, 0.29) is 12.4 Å². The van der Waals surface area contributed by atoms with E-state index in [1.54, 1.807) is 19.1 Å². The fourth-order valence-electron chi connectivity index (χ4n) is 2.09. The number of nitrogens with zero attached hydrogens (tertiary/aromatic N) is 3. The molecule has 0 aromatic heterocycles. The summed E-state index contributed by atoms with van der Waals surface area (Å²) in [5.41, 5.74) is 9.05. The van der Waals surface area contributed by atoms with Crippen molar-refractivity contribution in [3.05, 3.63) is 40.3 Å². The lowest BCUT2D eigenvalue weighted by atomic mass is 10.0. The minimum absolute atomic E-state index is 0.0853. The molecule has 0 aliphatic carbocycles. The highest BCUT2D eigenvalue weighted by Gasteiger charge is 2.31. The standard InChI is InChI=1S/C18H28N4O4S/c1-5-25-17(23)13-16(21-27(24)18(2,3)4)14-7-9-15(10-8-14)26-12-6-11-20-22-19/h7-10,16,21H,5-6,11-13H2,1-4H3/t16-,27?/m0/s1. The molecule has 0 amide bonds. The molecular weight excluding hydrogens is 368 g/mol. The van der Waals surface area contributed by atoms with Crippen LogP contribution < -0.4 is 9.46 Å². The first-order valence-electron chi connectivity index (χ1n) is 8.85. The number of azide groups is 1. The predicted molar refractivity (Wildman–Crippen MR) is 106 cm³/mol. The van der Waals surface area contributed by atoms with Gasteiger partial charge in [0.1, 0.15) is 10.5 Å². The summed E-state index contributed by atoms with van der Waals surface area (Å²) in [6.07, 6.45) is 0.714. The second-order valence-corrected chi connectivity index (χ2v) is 8.78. The Bertz CT molecular complexity index is 627. The van der Waals surface area contributed by atoms with E-state index in [0.29, 0.717) is 31.9 Å². The van der Waals surface area contributed by atoms with Crippen LogP contribution in [0.3, 0.4) is 0 Å². The van der Waals surface area contributed by atoms with Crippen LogP contribution in [0.1, 0.15) is 52.1 Å². The number of esters is 1. The molecule has 1 N–H and O–H groups in total. The van der Waals surface area contributed by atoms with Crippen LogP contribution in [0, 0.1) is 0 Å². The number of rotatable bonds is 11. The van der Waals surface area contributed by atoms with Crippen molar-refractivity contribution in [2.45, 2.75) is 51.3 Å². The molecule has 0 saturated heterocycles. The summed E-state index contributed by atoms with van der Waals surface area (Å²) in [6, 6.07) is 6.83. The highest BCUT2D eigenvalue weighted by Crippen LogP contribution is 2.25. The van der Waals surface area contributed by atoms with Crippen molar-refractivity contribution in [1.29, 1.82) is 0 Å². The number of nitrogens with one attached hydrogen (secondary N) is 1. The van der Waals surface area contributed by atoms with Crippen molar-refractivity contribution in [1.82, 2.24) is 4.72 Å². The molecule has 150 valence electrons. The predicted octanol–water partition coefficient (Wildman–Crippen LogP) is 3.81. The van der Waals surface area contributed by atoms with Crippen LogP contribution in [0.25, 0.3) is 10.4 Å². The van der Waals surface area contributed by atoms with E-state index in [0.717, 1.165) is 5.56 Å². The SMILES string of the molecule is CCOC(=O)C[C@H](N[S+]([O-])C(C)(C)C)c1ccc(OCCCN=[N+]=[N-])cc1. The van der Waals surface area contributed by atoms with Gasteiger partial charge in [-0.3, -0.25) is 4.79 Å². The van der Waals surface area contributed by atoms with Crippen molar-refractivity contribution < 1.29 is 18.8 Å². The number of hydrogen-bond donors (Lipinski definition) is 1. The second kappa shape index (κ2) is 11.7. The van der Waals surface area contributed by atoms with Crippen molar-refractivity contribution in [3.8, 4) is 5.75 Å². The molecule has 1 aromatic rings. The molecule has 9 heteroatoms. The summed E-state index contributed by atoms with van der Waals surface area (Å²) < 4.78 is 25.7. The molecule has 1 unspecified atom stereocenters. The maximum atomic E-state index is 12.5. The molecule has 0 heterocycles. The maximum Gasteiger partial charge on any atom is 0.307 e. The smallest absolute Gasteiger partial charge is 0.307 e. The highest BCUT2D eigenvalue weighted by atomic mass is 32.2. The normalized spacial score (nSPS) is 13.4. The van der Waals surface area contributed by atoms with Crippen molar-refractivity contribution in [2.75, 3.05) is 19.8 Å². The third-order valence-electron chi connectivity index (χ3n) is 3.50. The molecule has 0 fully saturated rings. The minimum Gasteiger partial charge on any atom is -0.598 e. The molecule has 0 aliphatic heterocycles. The van der Waals surface area contributed by atoms with Crippen LogP contribution in [0.15, 0.2) is 29.4 Å². The second-order valence-electron chi connectivity index (χ2n) is 6.79. The Balaban J connectivity index is 2.78. The molecule has 1 rings (SSSR count). The van der Waals surface area contributed by atoms with Gasteiger partial charge in [-0.2, -0.15) is 0 Å². The van der Waals surface area contributed by atoms with E-state index in [4.69, 9.17) is 15.0 Å². The lowest BCUT2D eigenvalue weighted by Gasteiger charge is -2.28. The topological polar surface area (TPSA) is 119 Å². The quantitative estimate of drug-likeness (QED) is 0.152. The van der Waals surface area contributed by atoms with Gasteiger partial charge in [0.25, 0.3) is 0 Å². The lowest BCUT2D eigenvalue weighted by molar-refractivity contribution is -0.143. The van der Waals surface area contributed by atoms with E-state index < -0.39 is 22.2 Å². The summed E-state index contributed by atoms with van der Waals surface area (Å²) in [5, 5.41) is 3.45. The molecule has 2 atom stereocenters. The lowest BCUT2D eigenvalue weighted by Crippen LogP contribution is -2.41. The third kappa shape index (κ3) is 9.01. The summed E-state index contributed by atoms with van der Waals surface area (Å²) >= 11 is -1.33. The number of ether oxygens (including phenoxy) is 2. The largest absolute Gasteiger partial charge is 0.598 e. The molecule has 0 spiro atoms. The van der Waals surface area contributed by atoms with Gasteiger partial charge in [0.15, 0.2) is 0 Å². The number of carbonyl (C=O) groups is 1. The summed E-state index contributed by atoms with van der Waals surface area (Å²) in [4.78, 5) is 14.6. The third-order valence-corrected chi connectivity index (χ3v) is 5.11. The fourth-order valence-corrected chi connectivity index (χ4v) is 2.92. The molecular formula is C18H28N4O4S. The Hall–Kier alpha value is -1.93. The van der Waals surface area contributed by atoms with Crippen LogP contribution >= 0.6 is 0 Å². The van der Waals surface area contributed by atoms with Gasteiger partial charge in [0.2, 0.25) is 0 Å². The van der Waals surface area contributed by atoms with E-state index in [9.17, 15) is 9.35 Å². The summed E-state index contributed by atoms with van der Waals surface area (Å²) in [6.45, 7) is 8.48. The average molecular weight is 397 g/mol. The van der Waals surface area contributed by atoms with Crippen molar-refractivity contribution in [3.63, 3.8) is 0 Å². The van der Waals surface area contributed by atoms with Gasteiger partial charge < -0.3 is 14.0 Å². The van der Waals surface area contributed by atoms with E-state index in [2.05, 4.69) is 14.7 Å². The van der Waals surface area contributed by atoms with Gasteiger partial charge in [-0.15, -0.1) is 4.72 Å². The van der Waals surface area contributed by atoms with Crippen molar-refractivity contribution in [2.24, 2.45) is 5.11 Å². The maximum absolute atomic E-state index is 12.5. The van der Waals surface area contributed by atoms with E-state index in [1.165, 1.54) is 0 Å². The molecule has 0 aliphatic rings. The Morgan fingerprint density at radius 2 is 2.04 bits per heavy atom. The first-order chi connectivity index (χ1) is 12.8. The Labute approximate surface area is 163 Å². The van der Waals surface area contributed by atoms with Gasteiger partial charge in [-0.1, -0.05) is 17.2 Å². The fraction of sp³-hybridized carbons (Fsp3) is 0.611. The van der Waals surface area contributed by atoms with E-state index in [1.807, 2.05) is 32.9 Å². The number of carbonyl (C=O) groups excluding carboxylic acids is 1. The average Bonchev–Trinajstić information content (AvgIpc) is 2.61. The van der Waals surface area contributed by atoms with Gasteiger partial charge in [-0.05, 0) is 57.3 Å². The molecule has 8 nitrogen and oxygen atoms in total. The molecule has 27 heavy (non-hydrogen) atoms. The first kappa shape index (κ1) is 23.1. The Morgan fingerprint density at radius 3 is 2.59 bits per heavy atom. The van der Waals surface area contributed by atoms with Gasteiger partial charge in [-0.25, -0.2) is 0 Å². The molecule has 1 aromatic carbocycles. The number of benzene rings is 1. The first-order valence-corrected chi connectivity index (χ1v) is 10.00. The van der Waals surface area contributed by atoms with Gasteiger partial charge in [0, 0.05) is 22.8 Å². The van der Waals surface area contributed by atoms with Crippen LogP contribution in [-0.2, 0) is 20.9 Å². The highest BCUT2D eigenvalue weighted by molar-refractivity contribution is 7.90. The van der Waals surface area contributed by atoms with E-state index >= 15 is 0 Å². The zero-order valence-corrected chi connectivity index (χ0v) is 17.1. The Morgan fingerprint density at radius 1 is 1.37 bits per heavy atom. The Kier molecular flexibility index (Phi) is 10.0. The monoisotopic (exact) mass is 396 g/mol. The van der Waals surface area contributed by atoms with Crippen LogP contribution in [-0.4, -0.2) is 35.0 Å². The number of hydrogen-bond acceptors (Lipinski definition) is 6. The molecule has 0 radical (unpaired) electrons. The van der Waals surface area contributed by atoms with Gasteiger partial charge >= 0.3 is 5.97 Å². The zero-order valence-electron chi connectivity index (χ0n) is 16.3. The minimum atomic E-state index is -1.33. The summed E-state index contributed by atoms with van der Waals surface area (Å²) in [5.74, 6) is 0.325. The van der Waals surface area contributed by atoms with Crippen LogP contribution in [0.4, 0.5) is 0 Å². The van der Waals surface area contributed by atoms with Crippen LogP contribution in [0.5, 0.6) is 5.75 Å². The molecule has 0 bridgehead atoms. The molecule has 0 saturated carbocycles. The zero-order chi connectivity index (χ0) is 20.3. The van der Waals surface area contributed by atoms with Gasteiger partial charge in [0.05, 0.1) is 25.7 Å². The summed E-state index contributed by atoms with van der Waals surface area (Å²) in [7, 11) is 0. The van der Waals surface area contributed by atoms with Crippen molar-refractivity contribution >= 4 is 17.3 Å². The van der Waals surface area contributed by atoms with Crippen LogP contribution in [0.2, 0.25) is 0 Å².